The monoisotopic (exact) mass is 448 g/mol. The molecule has 1 aliphatic heterocycles. The second-order valence-corrected chi connectivity index (χ2v) is 8.20. The fourth-order valence-electron chi connectivity index (χ4n) is 3.84. The minimum Gasteiger partial charge on any atom is -0.478 e. The number of aromatic carboxylic acids is 1. The molecule has 0 fully saturated rings. The van der Waals surface area contributed by atoms with E-state index in [1.807, 2.05) is 31.2 Å². The lowest BCUT2D eigenvalue weighted by Crippen LogP contribution is -2.46. The topological polar surface area (TPSA) is 86.7 Å². The van der Waals surface area contributed by atoms with Gasteiger partial charge in [-0.25, -0.2) is 4.79 Å². The minimum absolute atomic E-state index is 0.158. The number of carboxylic acids is 1. The Balaban J connectivity index is 1.74. The molecule has 0 unspecified atom stereocenters. The first kappa shape index (κ1) is 21.6. The Morgan fingerprint density at radius 1 is 1.06 bits per heavy atom. The van der Waals surface area contributed by atoms with Crippen molar-refractivity contribution in [3.05, 3.63) is 99.6 Å². The van der Waals surface area contributed by atoms with Gasteiger partial charge in [0.2, 0.25) is 5.91 Å². The van der Waals surface area contributed by atoms with Crippen molar-refractivity contribution < 1.29 is 19.5 Å². The zero-order valence-electron chi connectivity index (χ0n) is 17.3. The van der Waals surface area contributed by atoms with Crippen molar-refractivity contribution in [3.63, 3.8) is 0 Å². The van der Waals surface area contributed by atoms with Crippen LogP contribution < -0.4 is 5.32 Å². The molecule has 0 aliphatic carbocycles. The third-order valence-corrected chi connectivity index (χ3v) is 5.87. The van der Waals surface area contributed by atoms with Crippen molar-refractivity contribution in [3.8, 4) is 0 Å². The number of carboxylic acid groups (broad SMARTS) is 1. The Bertz CT molecular complexity index is 1210. The summed E-state index contributed by atoms with van der Waals surface area (Å²) in [6.07, 6.45) is 0.346. The standard InChI is InChI=1S/C25H21ClN2O4/c1-15-4-2-3-5-18(15)12-22-23(29)27-21-13-19(26)10-11-20(21)24(30)28(22)14-16-6-8-17(9-7-16)25(31)32/h2-11,13,22H,12,14H2,1H3,(H,27,29)(H,31,32)/t22-/m1/s1. The third-order valence-electron chi connectivity index (χ3n) is 5.64. The number of aryl methyl sites for hydroxylation is 1. The number of rotatable bonds is 5. The highest BCUT2D eigenvalue weighted by atomic mass is 35.5. The number of nitrogens with zero attached hydrogens (tertiary/aromatic N) is 1. The Hall–Kier alpha value is -3.64. The minimum atomic E-state index is -1.02. The maximum Gasteiger partial charge on any atom is 0.335 e. The molecule has 0 radical (unpaired) electrons. The summed E-state index contributed by atoms with van der Waals surface area (Å²) in [6.45, 7) is 2.13. The molecule has 0 aromatic heterocycles. The van der Waals surface area contributed by atoms with E-state index in [0.29, 0.717) is 22.7 Å². The maximum absolute atomic E-state index is 13.6. The van der Waals surface area contributed by atoms with Crippen LogP contribution in [0.1, 0.15) is 37.4 Å². The first-order chi connectivity index (χ1) is 15.3. The first-order valence-electron chi connectivity index (χ1n) is 10.1. The second-order valence-electron chi connectivity index (χ2n) is 7.76. The third kappa shape index (κ3) is 4.36. The van der Waals surface area contributed by atoms with Crippen LogP contribution in [0.25, 0.3) is 0 Å². The highest BCUT2D eigenvalue weighted by Gasteiger charge is 2.35. The van der Waals surface area contributed by atoms with Crippen LogP contribution in [0.2, 0.25) is 5.02 Å². The molecule has 1 atom stereocenters. The summed E-state index contributed by atoms with van der Waals surface area (Å²) in [5.41, 5.74) is 3.62. The van der Waals surface area contributed by atoms with Gasteiger partial charge in [0, 0.05) is 18.0 Å². The summed E-state index contributed by atoms with van der Waals surface area (Å²) in [7, 11) is 0. The van der Waals surface area contributed by atoms with E-state index < -0.39 is 12.0 Å². The van der Waals surface area contributed by atoms with Gasteiger partial charge < -0.3 is 15.3 Å². The lowest BCUT2D eigenvalue weighted by Gasteiger charge is -2.29. The van der Waals surface area contributed by atoms with Crippen LogP contribution in [0.5, 0.6) is 0 Å². The molecular weight excluding hydrogens is 428 g/mol. The summed E-state index contributed by atoms with van der Waals surface area (Å²) in [6, 6.07) is 18.1. The van der Waals surface area contributed by atoms with E-state index in [4.69, 9.17) is 16.7 Å². The Kier molecular flexibility index (Phi) is 5.97. The van der Waals surface area contributed by atoms with Gasteiger partial charge in [0.15, 0.2) is 0 Å². The van der Waals surface area contributed by atoms with Crippen LogP contribution >= 0.6 is 11.6 Å². The molecule has 1 aliphatic rings. The van der Waals surface area contributed by atoms with Crippen molar-refractivity contribution >= 4 is 35.1 Å². The summed E-state index contributed by atoms with van der Waals surface area (Å²) in [4.78, 5) is 39.5. The summed E-state index contributed by atoms with van der Waals surface area (Å²) in [5, 5.41) is 12.4. The smallest absolute Gasteiger partial charge is 0.335 e. The molecule has 0 bridgehead atoms. The fourth-order valence-corrected chi connectivity index (χ4v) is 4.01. The number of hydrogen-bond acceptors (Lipinski definition) is 3. The van der Waals surface area contributed by atoms with Gasteiger partial charge in [-0.15, -0.1) is 0 Å². The molecule has 32 heavy (non-hydrogen) atoms. The molecule has 1 heterocycles. The fraction of sp³-hybridized carbons (Fsp3) is 0.160. The van der Waals surface area contributed by atoms with Crippen LogP contribution in [0.3, 0.4) is 0 Å². The SMILES string of the molecule is Cc1ccccc1C[C@@H]1C(=O)Nc2cc(Cl)ccc2C(=O)N1Cc1ccc(C(=O)O)cc1. The Labute approximate surface area is 190 Å². The number of carbonyl (C=O) groups is 3. The van der Waals surface area contributed by atoms with Gasteiger partial charge in [0.05, 0.1) is 16.8 Å². The number of nitrogens with one attached hydrogen (secondary N) is 1. The number of halogens is 1. The number of hydrogen-bond donors (Lipinski definition) is 2. The van der Waals surface area contributed by atoms with Crippen LogP contribution in [-0.4, -0.2) is 33.8 Å². The molecule has 4 rings (SSSR count). The molecule has 3 aromatic carbocycles. The van der Waals surface area contributed by atoms with E-state index in [1.54, 1.807) is 30.3 Å². The Morgan fingerprint density at radius 2 is 1.78 bits per heavy atom. The lowest BCUT2D eigenvalue weighted by molar-refractivity contribution is -0.120. The van der Waals surface area contributed by atoms with E-state index in [0.717, 1.165) is 16.7 Å². The maximum atomic E-state index is 13.6. The average molecular weight is 449 g/mol. The van der Waals surface area contributed by atoms with Gasteiger partial charge in [0.1, 0.15) is 6.04 Å². The van der Waals surface area contributed by atoms with Gasteiger partial charge in [0.25, 0.3) is 5.91 Å². The number of carbonyl (C=O) groups excluding carboxylic acids is 2. The zero-order valence-corrected chi connectivity index (χ0v) is 18.1. The van der Waals surface area contributed by atoms with E-state index in [2.05, 4.69) is 5.32 Å². The van der Waals surface area contributed by atoms with Crippen LogP contribution in [0.4, 0.5) is 5.69 Å². The van der Waals surface area contributed by atoms with Gasteiger partial charge >= 0.3 is 5.97 Å². The molecule has 2 amide bonds. The normalized spacial score (nSPS) is 15.7. The van der Waals surface area contributed by atoms with Gasteiger partial charge in [-0.3, -0.25) is 9.59 Å². The molecular formula is C25H21ClN2O4. The van der Waals surface area contributed by atoms with Gasteiger partial charge in [-0.2, -0.15) is 0 Å². The number of amides is 2. The van der Waals surface area contributed by atoms with Crippen molar-refractivity contribution in [2.75, 3.05) is 5.32 Å². The predicted molar refractivity (Wildman–Crippen MR) is 122 cm³/mol. The molecule has 2 N–H and O–H groups in total. The first-order valence-corrected chi connectivity index (χ1v) is 10.5. The molecule has 6 nitrogen and oxygen atoms in total. The van der Waals surface area contributed by atoms with E-state index in [1.165, 1.54) is 17.0 Å². The average Bonchev–Trinajstić information content (AvgIpc) is 2.85. The number of anilines is 1. The van der Waals surface area contributed by atoms with Crippen molar-refractivity contribution in [1.29, 1.82) is 0 Å². The summed E-state index contributed by atoms with van der Waals surface area (Å²) >= 11 is 6.09. The van der Waals surface area contributed by atoms with Gasteiger partial charge in [-0.05, 0) is 53.9 Å². The molecule has 162 valence electrons. The highest BCUT2D eigenvalue weighted by Crippen LogP contribution is 2.29. The molecule has 0 saturated carbocycles. The highest BCUT2D eigenvalue weighted by molar-refractivity contribution is 6.31. The molecule has 3 aromatic rings. The van der Waals surface area contributed by atoms with Crippen LogP contribution in [0.15, 0.2) is 66.7 Å². The van der Waals surface area contributed by atoms with Crippen LogP contribution in [0, 0.1) is 6.92 Å². The van der Waals surface area contributed by atoms with E-state index in [-0.39, 0.29) is 23.9 Å². The van der Waals surface area contributed by atoms with Crippen molar-refractivity contribution in [1.82, 2.24) is 4.90 Å². The van der Waals surface area contributed by atoms with E-state index in [9.17, 15) is 14.4 Å². The van der Waals surface area contributed by atoms with Crippen molar-refractivity contribution in [2.45, 2.75) is 25.9 Å². The summed E-state index contributed by atoms with van der Waals surface area (Å²) in [5.74, 6) is -1.62. The van der Waals surface area contributed by atoms with Crippen LogP contribution in [-0.2, 0) is 17.8 Å². The molecule has 7 heteroatoms. The van der Waals surface area contributed by atoms with E-state index >= 15 is 0 Å². The quantitative estimate of drug-likeness (QED) is 0.599. The lowest BCUT2D eigenvalue weighted by atomic mass is 9.99. The Morgan fingerprint density at radius 3 is 2.47 bits per heavy atom. The number of fused-ring (bicyclic) bond motifs is 1. The summed E-state index contributed by atoms with van der Waals surface area (Å²) < 4.78 is 0. The largest absolute Gasteiger partial charge is 0.478 e. The molecule has 0 saturated heterocycles. The number of benzene rings is 3. The zero-order chi connectivity index (χ0) is 22.8. The predicted octanol–water partition coefficient (Wildman–Crippen LogP) is 4.55. The molecule has 0 spiro atoms. The van der Waals surface area contributed by atoms with Gasteiger partial charge in [-0.1, -0.05) is 48.0 Å². The second kappa shape index (κ2) is 8.85. The van der Waals surface area contributed by atoms with Crippen molar-refractivity contribution in [2.24, 2.45) is 0 Å².